The molecule has 0 aliphatic carbocycles. The number of nitrogens with zero attached hydrogens (tertiary/aromatic N) is 4. The smallest absolute Gasteiger partial charge is 0.451 e. The van der Waals surface area contributed by atoms with Crippen LogP contribution in [0.1, 0.15) is 110 Å². The molecule has 0 aliphatic rings. The van der Waals surface area contributed by atoms with E-state index in [-0.39, 0.29) is 34.2 Å². The number of aliphatic hydroxyl groups is 1. The monoisotopic (exact) mass is 751 g/mol. The first-order valence-electron chi connectivity index (χ1n) is 18.0. The molecule has 52 heavy (non-hydrogen) atoms. The Labute approximate surface area is 306 Å². The molecule has 0 atom stereocenters. The lowest BCUT2D eigenvalue weighted by Crippen LogP contribution is -2.33. The fourth-order valence-electron chi connectivity index (χ4n) is 4.89. The number of alkyl halides is 3. The molecule has 1 amide bonds. The van der Waals surface area contributed by atoms with Gasteiger partial charge in [0.2, 0.25) is 15.8 Å². The van der Waals surface area contributed by atoms with Crippen LogP contribution in [-0.2, 0) is 14.8 Å². The molecule has 15 heteroatoms. The lowest BCUT2D eigenvalue weighted by molar-refractivity contribution is -0.126. The Morgan fingerprint density at radius 1 is 0.865 bits per heavy atom. The summed E-state index contributed by atoms with van der Waals surface area (Å²) in [5.41, 5.74) is -2.14. The summed E-state index contributed by atoms with van der Waals surface area (Å²) in [7, 11) is -4.04. The van der Waals surface area contributed by atoms with Gasteiger partial charge in [-0.05, 0) is 56.0 Å². The third kappa shape index (κ3) is 14.1. The lowest BCUT2D eigenvalue weighted by atomic mass is 10.2. The molecule has 2 aromatic carbocycles. The zero-order valence-corrected chi connectivity index (χ0v) is 31.4. The summed E-state index contributed by atoms with van der Waals surface area (Å²) in [5.74, 6) is -3.31. The number of anilines is 1. The standard InChI is InChI=1S/C37H52F3N5O6S/c1-5-9-13-15-21-45(22-16-14-10-6-2)52(48,49)30-18-19-31(28(25-30)27-41)43-44-34(35(46)37(38,39)40)36(47)42-32-26-29(50-23-11-7-3)17-20-33(32)51-24-12-8-4/h17-20,25-26,46H,5-16,21-24H2,1-4H3,(H,42,47)/b35-34-,44-43?. The molecule has 0 saturated heterocycles. The van der Waals surface area contributed by atoms with Crippen LogP contribution in [0.25, 0.3) is 0 Å². The second kappa shape index (κ2) is 22.7. The molecule has 0 aromatic heterocycles. The van der Waals surface area contributed by atoms with E-state index in [4.69, 9.17) is 9.47 Å². The molecule has 0 fully saturated rings. The number of sulfonamides is 1. The molecule has 0 unspecified atom stereocenters. The van der Waals surface area contributed by atoms with Crippen LogP contribution < -0.4 is 14.8 Å². The van der Waals surface area contributed by atoms with Gasteiger partial charge in [0.25, 0.3) is 5.91 Å². The average molecular weight is 752 g/mol. The molecule has 0 bridgehead atoms. The van der Waals surface area contributed by atoms with Gasteiger partial charge in [-0.25, -0.2) is 8.42 Å². The number of allylic oxidation sites excluding steroid dienone is 1. The van der Waals surface area contributed by atoms with Crippen molar-refractivity contribution < 1.29 is 41.0 Å². The minimum atomic E-state index is -5.38. The van der Waals surface area contributed by atoms with E-state index in [1.165, 1.54) is 22.5 Å². The minimum Gasteiger partial charge on any atom is -0.503 e. The van der Waals surface area contributed by atoms with Crippen LogP contribution in [0, 0.1) is 11.3 Å². The Hall–Kier alpha value is -4.16. The highest BCUT2D eigenvalue weighted by molar-refractivity contribution is 7.89. The quantitative estimate of drug-likeness (QED) is 0.0468. The average Bonchev–Trinajstić information content (AvgIpc) is 3.11. The number of benzene rings is 2. The van der Waals surface area contributed by atoms with E-state index < -0.39 is 33.6 Å². The normalized spacial score (nSPS) is 12.5. The fourth-order valence-corrected chi connectivity index (χ4v) is 6.43. The number of unbranched alkanes of at least 4 members (excludes halogenated alkanes) is 8. The van der Waals surface area contributed by atoms with Gasteiger partial charge in [-0.15, -0.1) is 10.2 Å². The van der Waals surface area contributed by atoms with E-state index in [9.17, 15) is 36.8 Å². The third-order valence-electron chi connectivity index (χ3n) is 7.94. The summed E-state index contributed by atoms with van der Waals surface area (Å²) >= 11 is 0. The summed E-state index contributed by atoms with van der Waals surface area (Å²) in [5, 5.41) is 29.4. The first kappa shape index (κ1) is 44.0. The van der Waals surface area contributed by atoms with Gasteiger partial charge in [-0.1, -0.05) is 79.1 Å². The van der Waals surface area contributed by atoms with Crippen LogP contribution in [0.3, 0.4) is 0 Å². The zero-order chi connectivity index (χ0) is 38.6. The number of amides is 1. The number of carbonyl (C=O) groups is 1. The van der Waals surface area contributed by atoms with E-state index in [0.29, 0.717) is 44.7 Å². The zero-order valence-electron chi connectivity index (χ0n) is 30.6. The molecule has 0 saturated carbocycles. The molecule has 2 rings (SSSR count). The summed E-state index contributed by atoms with van der Waals surface area (Å²) in [6.45, 7) is 9.28. The Balaban J connectivity index is 2.48. The van der Waals surface area contributed by atoms with Crippen molar-refractivity contribution in [2.24, 2.45) is 10.2 Å². The summed E-state index contributed by atoms with van der Waals surface area (Å²) in [6.07, 6.45) is 4.67. The van der Waals surface area contributed by atoms with E-state index >= 15 is 0 Å². The van der Waals surface area contributed by atoms with Crippen molar-refractivity contribution in [1.29, 1.82) is 5.26 Å². The van der Waals surface area contributed by atoms with Gasteiger partial charge in [-0.3, -0.25) is 4.79 Å². The van der Waals surface area contributed by atoms with Crippen molar-refractivity contribution in [3.63, 3.8) is 0 Å². The lowest BCUT2D eigenvalue weighted by Gasteiger charge is -2.22. The predicted octanol–water partition coefficient (Wildman–Crippen LogP) is 10.1. The first-order valence-corrected chi connectivity index (χ1v) is 19.4. The fraction of sp³-hybridized carbons (Fsp3) is 0.568. The highest BCUT2D eigenvalue weighted by atomic mass is 32.2. The van der Waals surface area contributed by atoms with Crippen molar-refractivity contribution in [2.45, 2.75) is 116 Å². The molecule has 0 aliphatic heterocycles. The number of nitriles is 1. The van der Waals surface area contributed by atoms with E-state index in [2.05, 4.69) is 29.4 Å². The molecular formula is C37H52F3N5O6S. The van der Waals surface area contributed by atoms with Gasteiger partial charge >= 0.3 is 6.18 Å². The van der Waals surface area contributed by atoms with Crippen molar-refractivity contribution in [1.82, 2.24) is 4.31 Å². The topological polar surface area (TPSA) is 154 Å². The Morgan fingerprint density at radius 2 is 1.46 bits per heavy atom. The molecule has 288 valence electrons. The van der Waals surface area contributed by atoms with Crippen LogP contribution in [0.4, 0.5) is 24.5 Å². The van der Waals surface area contributed by atoms with Gasteiger partial charge in [0.05, 0.1) is 29.4 Å². The summed E-state index contributed by atoms with van der Waals surface area (Å²) in [4.78, 5) is 13.1. The van der Waals surface area contributed by atoms with Gasteiger partial charge in [0, 0.05) is 19.2 Å². The Bertz CT molecular complexity index is 1630. The third-order valence-corrected chi connectivity index (χ3v) is 9.83. The van der Waals surface area contributed by atoms with Crippen LogP contribution in [0.2, 0.25) is 0 Å². The minimum absolute atomic E-state index is 0.0287. The van der Waals surface area contributed by atoms with Gasteiger partial charge in [-0.2, -0.15) is 22.7 Å². The SMILES string of the molecule is CCCCCCN(CCCCCC)S(=O)(=O)c1ccc(N=N/C(C(=O)Nc2cc(OCCCC)ccc2OCCCC)=C(\O)C(F)(F)F)c(C#N)c1. The summed E-state index contributed by atoms with van der Waals surface area (Å²) in [6, 6.07) is 9.69. The first-order chi connectivity index (χ1) is 24.8. The maximum Gasteiger partial charge on any atom is 0.451 e. The maximum atomic E-state index is 13.8. The number of carbonyl (C=O) groups excluding carboxylic acids is 1. The number of hydrogen-bond donors (Lipinski definition) is 2. The van der Waals surface area contributed by atoms with E-state index in [1.807, 2.05) is 19.9 Å². The number of azo groups is 1. The van der Waals surface area contributed by atoms with Crippen molar-refractivity contribution in [3.05, 3.63) is 53.4 Å². The molecule has 2 aromatic rings. The molecule has 2 N–H and O–H groups in total. The second-order valence-corrected chi connectivity index (χ2v) is 14.2. The van der Waals surface area contributed by atoms with Crippen LogP contribution in [-0.4, -0.2) is 56.2 Å². The number of aliphatic hydroxyl groups excluding tert-OH is 1. The maximum absolute atomic E-state index is 13.8. The van der Waals surface area contributed by atoms with Crippen LogP contribution in [0.5, 0.6) is 11.5 Å². The predicted molar refractivity (Wildman–Crippen MR) is 194 cm³/mol. The largest absolute Gasteiger partial charge is 0.503 e. The van der Waals surface area contributed by atoms with Gasteiger partial charge in [0.1, 0.15) is 23.3 Å². The Kier molecular flexibility index (Phi) is 19.2. The van der Waals surface area contributed by atoms with Gasteiger partial charge < -0.3 is 19.9 Å². The van der Waals surface area contributed by atoms with Crippen molar-refractivity contribution in [3.8, 4) is 17.6 Å². The van der Waals surface area contributed by atoms with Crippen LogP contribution >= 0.6 is 0 Å². The molecule has 0 radical (unpaired) electrons. The van der Waals surface area contributed by atoms with Crippen LogP contribution in [0.15, 0.2) is 63.0 Å². The molecule has 0 spiro atoms. The highest BCUT2D eigenvalue weighted by Crippen LogP contribution is 2.33. The summed E-state index contributed by atoms with van der Waals surface area (Å²) < 4.78 is 81.5. The molecule has 11 nitrogen and oxygen atoms in total. The number of nitrogens with one attached hydrogen (secondary N) is 1. The van der Waals surface area contributed by atoms with Gasteiger partial charge in [0.15, 0.2) is 5.70 Å². The number of rotatable bonds is 24. The van der Waals surface area contributed by atoms with E-state index in [1.54, 1.807) is 6.07 Å². The second-order valence-electron chi connectivity index (χ2n) is 12.2. The highest BCUT2D eigenvalue weighted by Gasteiger charge is 2.39. The number of halogens is 3. The van der Waals surface area contributed by atoms with Crippen molar-refractivity contribution in [2.75, 3.05) is 31.6 Å². The molecular weight excluding hydrogens is 699 g/mol. The Morgan fingerprint density at radius 3 is 2.02 bits per heavy atom. The van der Waals surface area contributed by atoms with E-state index in [0.717, 1.165) is 69.9 Å². The number of hydrogen-bond acceptors (Lipinski definition) is 9. The molecule has 0 heterocycles. The number of ether oxygens (including phenoxy) is 2. The van der Waals surface area contributed by atoms with Crippen molar-refractivity contribution >= 4 is 27.3 Å².